The van der Waals surface area contributed by atoms with Crippen molar-refractivity contribution in [2.75, 3.05) is 19.7 Å². The van der Waals surface area contributed by atoms with Crippen molar-refractivity contribution in [1.29, 1.82) is 0 Å². The second kappa shape index (κ2) is 5.54. The summed E-state index contributed by atoms with van der Waals surface area (Å²) in [5.41, 5.74) is 1.96. The molecule has 0 radical (unpaired) electrons. The highest BCUT2D eigenvalue weighted by atomic mass is 32.1. The van der Waals surface area contributed by atoms with E-state index >= 15 is 0 Å². The van der Waals surface area contributed by atoms with Gasteiger partial charge in [-0.1, -0.05) is 0 Å². The Morgan fingerprint density at radius 1 is 1.35 bits per heavy atom. The number of thiophene rings is 1. The average molecular weight is 295 g/mol. The zero-order chi connectivity index (χ0) is 14.1. The van der Waals surface area contributed by atoms with E-state index in [1.807, 2.05) is 5.38 Å². The fraction of sp³-hybridized carbons (Fsp3) is 0.571. The van der Waals surface area contributed by atoms with Gasteiger partial charge in [0.1, 0.15) is 0 Å². The Balaban J connectivity index is 1.78. The molecular formula is C14H17NO4S. The molecule has 1 saturated heterocycles. The molecule has 0 aromatic carbocycles. The molecule has 1 amide bonds. The lowest BCUT2D eigenvalue weighted by Crippen LogP contribution is -2.48. The monoisotopic (exact) mass is 295 g/mol. The maximum atomic E-state index is 12.6. The van der Waals surface area contributed by atoms with Crippen LogP contribution in [0.4, 0.5) is 0 Å². The number of fused-ring (bicyclic) bond motifs is 1. The maximum absolute atomic E-state index is 12.6. The first kappa shape index (κ1) is 13.6. The normalized spacial score (nSPS) is 22.4. The van der Waals surface area contributed by atoms with E-state index in [0.717, 1.165) is 24.8 Å². The predicted octanol–water partition coefficient (Wildman–Crippen LogP) is 1.55. The molecule has 1 aromatic rings. The third-order valence-electron chi connectivity index (χ3n) is 3.92. The molecule has 0 bridgehead atoms. The van der Waals surface area contributed by atoms with E-state index in [4.69, 9.17) is 9.84 Å². The first-order chi connectivity index (χ1) is 9.66. The molecule has 1 unspecified atom stereocenters. The largest absolute Gasteiger partial charge is 0.479 e. The molecule has 1 fully saturated rings. The SMILES string of the molecule is O=C(O)C1CN(C(=O)c2csc3c2CCCC3)CCO1. The molecule has 2 heterocycles. The summed E-state index contributed by atoms with van der Waals surface area (Å²) >= 11 is 1.66. The van der Waals surface area contributed by atoms with Gasteiger partial charge in [0.2, 0.25) is 0 Å². The van der Waals surface area contributed by atoms with Crippen LogP contribution in [0.1, 0.15) is 33.6 Å². The van der Waals surface area contributed by atoms with Crippen LogP contribution in [0.15, 0.2) is 5.38 Å². The number of hydrogen-bond donors (Lipinski definition) is 1. The number of rotatable bonds is 2. The number of morpholine rings is 1. The van der Waals surface area contributed by atoms with Crippen LogP contribution in [0.25, 0.3) is 0 Å². The van der Waals surface area contributed by atoms with Gasteiger partial charge < -0.3 is 14.7 Å². The first-order valence-electron chi connectivity index (χ1n) is 6.89. The van der Waals surface area contributed by atoms with Gasteiger partial charge in [-0.05, 0) is 31.2 Å². The van der Waals surface area contributed by atoms with Crippen LogP contribution in [0, 0.1) is 0 Å². The van der Waals surface area contributed by atoms with E-state index in [2.05, 4.69) is 0 Å². The lowest BCUT2D eigenvalue weighted by molar-refractivity contribution is -0.154. The highest BCUT2D eigenvalue weighted by Crippen LogP contribution is 2.31. The third kappa shape index (κ3) is 2.45. The van der Waals surface area contributed by atoms with Gasteiger partial charge in [-0.2, -0.15) is 0 Å². The van der Waals surface area contributed by atoms with Gasteiger partial charge >= 0.3 is 5.97 Å². The van der Waals surface area contributed by atoms with Crippen LogP contribution in [-0.4, -0.2) is 47.7 Å². The van der Waals surface area contributed by atoms with Gasteiger partial charge in [-0.25, -0.2) is 4.79 Å². The topological polar surface area (TPSA) is 66.8 Å². The van der Waals surface area contributed by atoms with Crippen molar-refractivity contribution >= 4 is 23.2 Å². The second-order valence-corrected chi connectivity index (χ2v) is 6.17. The van der Waals surface area contributed by atoms with Gasteiger partial charge in [0.05, 0.1) is 18.7 Å². The zero-order valence-corrected chi connectivity index (χ0v) is 11.9. The Morgan fingerprint density at radius 3 is 2.95 bits per heavy atom. The van der Waals surface area contributed by atoms with Crippen molar-refractivity contribution in [2.45, 2.75) is 31.8 Å². The van der Waals surface area contributed by atoms with Crippen LogP contribution in [0.3, 0.4) is 0 Å². The number of aryl methyl sites for hydroxylation is 1. The molecule has 0 spiro atoms. The van der Waals surface area contributed by atoms with Crippen LogP contribution < -0.4 is 0 Å². The molecule has 1 aromatic heterocycles. The smallest absolute Gasteiger partial charge is 0.334 e. The number of carbonyl (C=O) groups is 2. The Kier molecular flexibility index (Phi) is 3.76. The minimum absolute atomic E-state index is 0.0426. The van der Waals surface area contributed by atoms with Crippen molar-refractivity contribution in [1.82, 2.24) is 4.90 Å². The molecule has 2 aliphatic rings. The van der Waals surface area contributed by atoms with Gasteiger partial charge in [0.15, 0.2) is 6.10 Å². The van der Waals surface area contributed by atoms with E-state index in [-0.39, 0.29) is 19.1 Å². The van der Waals surface area contributed by atoms with Crippen molar-refractivity contribution in [2.24, 2.45) is 0 Å². The third-order valence-corrected chi connectivity index (χ3v) is 5.01. The summed E-state index contributed by atoms with van der Waals surface area (Å²) < 4.78 is 5.16. The maximum Gasteiger partial charge on any atom is 0.334 e. The summed E-state index contributed by atoms with van der Waals surface area (Å²) in [5.74, 6) is -1.05. The molecular weight excluding hydrogens is 278 g/mol. The lowest BCUT2D eigenvalue weighted by atomic mass is 9.95. The number of ether oxygens (including phenoxy) is 1. The zero-order valence-electron chi connectivity index (χ0n) is 11.1. The molecule has 1 aliphatic carbocycles. The second-order valence-electron chi connectivity index (χ2n) is 5.21. The van der Waals surface area contributed by atoms with Crippen molar-refractivity contribution in [3.05, 3.63) is 21.4 Å². The van der Waals surface area contributed by atoms with Crippen molar-refractivity contribution in [3.8, 4) is 0 Å². The Morgan fingerprint density at radius 2 is 2.15 bits per heavy atom. The highest BCUT2D eigenvalue weighted by molar-refractivity contribution is 7.10. The number of carboxylic acid groups (broad SMARTS) is 1. The minimum atomic E-state index is -1.00. The van der Waals surface area contributed by atoms with Crippen LogP contribution in [0.5, 0.6) is 0 Å². The van der Waals surface area contributed by atoms with Crippen LogP contribution in [0.2, 0.25) is 0 Å². The summed E-state index contributed by atoms with van der Waals surface area (Å²) in [6, 6.07) is 0. The van der Waals surface area contributed by atoms with Gasteiger partial charge in [-0.3, -0.25) is 4.79 Å². The standard InChI is InChI=1S/C14H17NO4S/c16-13(15-5-6-19-11(7-15)14(17)18)10-8-20-12-4-2-1-3-9(10)12/h8,11H,1-7H2,(H,17,18). The van der Waals surface area contributed by atoms with Crippen molar-refractivity contribution in [3.63, 3.8) is 0 Å². The van der Waals surface area contributed by atoms with Gasteiger partial charge in [-0.15, -0.1) is 11.3 Å². The van der Waals surface area contributed by atoms with Gasteiger partial charge in [0, 0.05) is 16.8 Å². The van der Waals surface area contributed by atoms with E-state index in [0.29, 0.717) is 6.54 Å². The molecule has 0 saturated carbocycles. The number of amides is 1. The van der Waals surface area contributed by atoms with E-state index in [9.17, 15) is 9.59 Å². The molecule has 20 heavy (non-hydrogen) atoms. The Bertz CT molecular complexity index is 539. The fourth-order valence-electron chi connectivity index (χ4n) is 2.83. The van der Waals surface area contributed by atoms with Crippen molar-refractivity contribution < 1.29 is 19.4 Å². The first-order valence-corrected chi connectivity index (χ1v) is 7.77. The molecule has 1 N–H and O–H groups in total. The summed E-state index contributed by atoms with van der Waals surface area (Å²) in [7, 11) is 0. The van der Waals surface area contributed by atoms with Gasteiger partial charge in [0.25, 0.3) is 5.91 Å². The Hall–Kier alpha value is -1.40. The van der Waals surface area contributed by atoms with Crippen LogP contribution in [-0.2, 0) is 22.4 Å². The summed E-state index contributed by atoms with van der Waals surface area (Å²) in [4.78, 5) is 26.5. The number of carboxylic acids is 1. The number of aliphatic carboxylic acids is 1. The highest BCUT2D eigenvalue weighted by Gasteiger charge is 2.31. The fourth-order valence-corrected chi connectivity index (χ4v) is 3.95. The molecule has 108 valence electrons. The molecule has 1 aliphatic heterocycles. The predicted molar refractivity (Wildman–Crippen MR) is 74.2 cm³/mol. The summed E-state index contributed by atoms with van der Waals surface area (Å²) in [6.45, 7) is 0.890. The van der Waals surface area contributed by atoms with E-state index < -0.39 is 12.1 Å². The number of nitrogens with zero attached hydrogens (tertiary/aromatic N) is 1. The number of carbonyl (C=O) groups excluding carboxylic acids is 1. The lowest BCUT2D eigenvalue weighted by Gasteiger charge is -2.31. The molecule has 6 heteroatoms. The summed E-state index contributed by atoms with van der Waals surface area (Å²) in [6.07, 6.45) is 3.45. The average Bonchev–Trinajstić information content (AvgIpc) is 2.90. The summed E-state index contributed by atoms with van der Waals surface area (Å²) in [5, 5.41) is 10.9. The number of hydrogen-bond acceptors (Lipinski definition) is 4. The van der Waals surface area contributed by atoms with Crippen LogP contribution >= 0.6 is 11.3 Å². The van der Waals surface area contributed by atoms with E-state index in [1.54, 1.807) is 16.2 Å². The minimum Gasteiger partial charge on any atom is -0.479 e. The van der Waals surface area contributed by atoms with E-state index in [1.165, 1.54) is 16.9 Å². The Labute approximate surface area is 121 Å². The quantitative estimate of drug-likeness (QED) is 0.899. The molecule has 1 atom stereocenters. The molecule has 5 nitrogen and oxygen atoms in total. The molecule has 3 rings (SSSR count).